The van der Waals surface area contributed by atoms with Gasteiger partial charge in [-0.2, -0.15) is 0 Å². The molecule has 29 heavy (non-hydrogen) atoms. The minimum atomic E-state index is -0.136. The van der Waals surface area contributed by atoms with Crippen molar-refractivity contribution < 1.29 is 9.90 Å². The number of piperidine rings is 1. The summed E-state index contributed by atoms with van der Waals surface area (Å²) in [5.74, 6) is 0.779. The Labute approximate surface area is 171 Å². The Morgan fingerprint density at radius 1 is 1.14 bits per heavy atom. The zero-order chi connectivity index (χ0) is 20.0. The first kappa shape index (κ1) is 18.6. The van der Waals surface area contributed by atoms with E-state index in [1.54, 1.807) is 0 Å². The van der Waals surface area contributed by atoms with Crippen LogP contribution in [0.2, 0.25) is 0 Å². The van der Waals surface area contributed by atoms with Crippen LogP contribution in [-0.4, -0.2) is 34.1 Å². The molecular formula is C23H28N4O2. The quantitative estimate of drug-likeness (QED) is 0.838. The molecule has 1 aliphatic carbocycles. The maximum Gasteiger partial charge on any atom is 0.251 e. The predicted octanol–water partition coefficient (Wildman–Crippen LogP) is 3.35. The zero-order valence-corrected chi connectivity index (χ0v) is 17.0. The topological polar surface area (TPSA) is 78.3 Å². The van der Waals surface area contributed by atoms with Crippen molar-refractivity contribution in [2.45, 2.75) is 58.6 Å². The molecule has 2 aromatic rings. The van der Waals surface area contributed by atoms with Gasteiger partial charge in [0, 0.05) is 30.8 Å². The second kappa shape index (κ2) is 7.10. The normalized spacial score (nSPS) is 20.2. The molecule has 1 aromatic carbocycles. The van der Waals surface area contributed by atoms with Gasteiger partial charge in [0.05, 0.1) is 18.0 Å². The summed E-state index contributed by atoms with van der Waals surface area (Å²) in [6, 6.07) is 5.85. The maximum atomic E-state index is 12.0. The monoisotopic (exact) mass is 392 g/mol. The highest BCUT2D eigenvalue weighted by Crippen LogP contribution is 2.46. The summed E-state index contributed by atoms with van der Waals surface area (Å²) in [5.41, 5.74) is 5.33. The molecule has 1 amide bonds. The minimum Gasteiger partial charge on any atom is -0.390 e. The number of hydrogen-bond acceptors (Lipinski definition) is 5. The van der Waals surface area contributed by atoms with Crippen LogP contribution in [0.1, 0.15) is 65.8 Å². The second-order valence-corrected chi connectivity index (χ2v) is 8.83. The largest absolute Gasteiger partial charge is 0.390 e. The number of anilines is 1. The molecule has 1 spiro atoms. The van der Waals surface area contributed by atoms with Crippen LogP contribution in [0.5, 0.6) is 0 Å². The van der Waals surface area contributed by atoms with E-state index in [2.05, 4.69) is 10.2 Å². The number of rotatable bonds is 3. The third-order valence-corrected chi connectivity index (χ3v) is 7.13. The summed E-state index contributed by atoms with van der Waals surface area (Å²) in [4.78, 5) is 24.0. The minimum absolute atomic E-state index is 0.0411. The van der Waals surface area contributed by atoms with Gasteiger partial charge < -0.3 is 15.3 Å². The fourth-order valence-corrected chi connectivity index (χ4v) is 5.35. The van der Waals surface area contributed by atoms with E-state index < -0.39 is 0 Å². The molecule has 152 valence electrons. The Morgan fingerprint density at radius 3 is 2.62 bits per heavy atom. The van der Waals surface area contributed by atoms with Gasteiger partial charge in [0.2, 0.25) is 0 Å². The van der Waals surface area contributed by atoms with Gasteiger partial charge in [0.15, 0.2) is 5.82 Å². The Kier molecular flexibility index (Phi) is 4.54. The molecule has 1 saturated heterocycles. The molecule has 5 rings (SSSR count). The average molecular weight is 393 g/mol. The fraction of sp³-hybridized carbons (Fsp3) is 0.522. The van der Waals surface area contributed by atoms with Crippen molar-refractivity contribution in [3.63, 3.8) is 0 Å². The number of fused-ring (bicyclic) bond motifs is 1. The molecule has 6 nitrogen and oxygen atoms in total. The number of aromatic nitrogens is 2. The zero-order valence-electron chi connectivity index (χ0n) is 17.0. The van der Waals surface area contributed by atoms with Crippen LogP contribution in [0, 0.1) is 12.3 Å². The van der Waals surface area contributed by atoms with Gasteiger partial charge in [-0.15, -0.1) is 0 Å². The third-order valence-electron chi connectivity index (χ3n) is 7.13. The lowest BCUT2D eigenvalue weighted by atomic mass is 9.77. The molecule has 0 atom stereocenters. The van der Waals surface area contributed by atoms with Crippen molar-refractivity contribution in [3.05, 3.63) is 40.7 Å². The molecule has 1 saturated carbocycles. The first-order valence-electron chi connectivity index (χ1n) is 10.7. The van der Waals surface area contributed by atoms with Crippen LogP contribution < -0.4 is 10.2 Å². The Hall–Kier alpha value is -2.47. The van der Waals surface area contributed by atoms with Gasteiger partial charge in [0.25, 0.3) is 5.91 Å². The summed E-state index contributed by atoms with van der Waals surface area (Å²) in [6.45, 7) is 4.38. The number of nitrogens with zero attached hydrogens (tertiary/aromatic N) is 3. The Balaban J connectivity index is 1.45. The van der Waals surface area contributed by atoms with Crippen molar-refractivity contribution >= 4 is 11.7 Å². The van der Waals surface area contributed by atoms with Gasteiger partial charge in [-0.1, -0.05) is 25.0 Å². The third kappa shape index (κ3) is 3.19. The van der Waals surface area contributed by atoms with E-state index in [4.69, 9.17) is 9.97 Å². The number of nitrogens with one attached hydrogen (secondary N) is 1. The van der Waals surface area contributed by atoms with Crippen molar-refractivity contribution in [2.24, 2.45) is 5.41 Å². The van der Waals surface area contributed by atoms with E-state index >= 15 is 0 Å². The highest BCUT2D eigenvalue weighted by Gasteiger charge is 2.37. The number of aliphatic hydroxyl groups excluding tert-OH is 1. The van der Waals surface area contributed by atoms with Crippen LogP contribution in [0.25, 0.3) is 11.3 Å². The average Bonchev–Trinajstić information content (AvgIpc) is 3.35. The van der Waals surface area contributed by atoms with E-state index in [1.807, 2.05) is 25.1 Å². The molecule has 2 N–H and O–H groups in total. The lowest BCUT2D eigenvalue weighted by Crippen LogP contribution is -2.40. The highest BCUT2D eigenvalue weighted by molar-refractivity contribution is 5.99. The van der Waals surface area contributed by atoms with Gasteiger partial charge in [-0.05, 0) is 49.7 Å². The predicted molar refractivity (Wildman–Crippen MR) is 112 cm³/mol. The number of carbonyl (C=O) groups is 1. The van der Waals surface area contributed by atoms with Crippen molar-refractivity contribution in [1.29, 1.82) is 0 Å². The summed E-state index contributed by atoms with van der Waals surface area (Å²) < 4.78 is 0. The van der Waals surface area contributed by atoms with Gasteiger partial charge in [0.1, 0.15) is 5.69 Å². The van der Waals surface area contributed by atoms with Crippen molar-refractivity contribution in [3.8, 4) is 11.3 Å². The number of aliphatic hydroxyl groups is 1. The van der Waals surface area contributed by atoms with Gasteiger partial charge >= 0.3 is 0 Å². The molecule has 3 aliphatic rings. The van der Waals surface area contributed by atoms with Crippen molar-refractivity contribution in [1.82, 2.24) is 15.3 Å². The van der Waals surface area contributed by atoms with Gasteiger partial charge in [-0.25, -0.2) is 9.97 Å². The molecular weight excluding hydrogens is 364 g/mol. The molecule has 6 heteroatoms. The standard InChI is InChI=1S/C23H28N4O2/c1-15-20(16-4-5-17-13-24-22(29)18(17)12-16)26-19(14-28)21(25-15)27-10-8-23(9-11-27)6-2-3-7-23/h4-5,12,28H,2-3,6-11,13-14H2,1H3,(H,24,29). The van der Waals surface area contributed by atoms with Crippen LogP contribution in [0.15, 0.2) is 18.2 Å². The summed E-state index contributed by atoms with van der Waals surface area (Å²) >= 11 is 0. The van der Waals surface area contributed by atoms with E-state index in [9.17, 15) is 9.90 Å². The molecule has 3 heterocycles. The second-order valence-electron chi connectivity index (χ2n) is 8.83. The van der Waals surface area contributed by atoms with E-state index in [-0.39, 0.29) is 12.5 Å². The SMILES string of the molecule is Cc1nc(N2CCC3(CCCC3)CC2)c(CO)nc1-c1ccc2c(c1)C(=O)NC2. The van der Waals surface area contributed by atoms with E-state index in [0.29, 0.717) is 23.2 Å². The number of hydrogen-bond donors (Lipinski definition) is 2. The fourth-order valence-electron chi connectivity index (χ4n) is 5.35. The first-order valence-corrected chi connectivity index (χ1v) is 10.7. The smallest absolute Gasteiger partial charge is 0.251 e. The first-order chi connectivity index (χ1) is 14.1. The maximum absolute atomic E-state index is 12.0. The molecule has 2 aliphatic heterocycles. The van der Waals surface area contributed by atoms with Gasteiger partial charge in [-0.3, -0.25) is 4.79 Å². The summed E-state index contributed by atoms with van der Waals surface area (Å²) in [6.07, 6.45) is 7.88. The summed E-state index contributed by atoms with van der Waals surface area (Å²) in [5, 5.41) is 12.9. The number of carbonyl (C=O) groups excluding carboxylic acids is 1. The molecule has 0 radical (unpaired) electrons. The lowest BCUT2D eigenvalue weighted by molar-refractivity contribution is 0.0966. The number of amides is 1. The Morgan fingerprint density at radius 2 is 1.90 bits per heavy atom. The van der Waals surface area contributed by atoms with Crippen LogP contribution in [-0.2, 0) is 13.2 Å². The van der Waals surface area contributed by atoms with Crippen LogP contribution in [0.3, 0.4) is 0 Å². The molecule has 1 aromatic heterocycles. The Bertz CT molecular complexity index is 956. The summed E-state index contributed by atoms with van der Waals surface area (Å²) in [7, 11) is 0. The molecule has 2 fully saturated rings. The highest BCUT2D eigenvalue weighted by atomic mass is 16.3. The van der Waals surface area contributed by atoms with Crippen molar-refractivity contribution in [2.75, 3.05) is 18.0 Å². The van der Waals surface area contributed by atoms with E-state index in [0.717, 1.165) is 41.4 Å². The van der Waals surface area contributed by atoms with Crippen LogP contribution in [0.4, 0.5) is 5.82 Å². The lowest BCUT2D eigenvalue weighted by Gasteiger charge is -2.40. The van der Waals surface area contributed by atoms with E-state index in [1.165, 1.54) is 38.5 Å². The number of aryl methyl sites for hydroxylation is 1. The van der Waals surface area contributed by atoms with Crippen LogP contribution >= 0.6 is 0 Å². The molecule has 0 bridgehead atoms. The number of benzene rings is 1. The molecule has 0 unspecified atom stereocenters.